The van der Waals surface area contributed by atoms with Gasteiger partial charge in [0.2, 0.25) is 0 Å². The van der Waals surface area contributed by atoms with E-state index in [1.807, 2.05) is 67.6 Å². The Bertz CT molecular complexity index is 1140. The summed E-state index contributed by atoms with van der Waals surface area (Å²) in [6.07, 6.45) is 1.95. The van der Waals surface area contributed by atoms with Gasteiger partial charge in [-0.05, 0) is 85.4 Å². The Morgan fingerprint density at radius 1 is 1.10 bits per heavy atom. The van der Waals surface area contributed by atoms with Crippen molar-refractivity contribution in [1.82, 2.24) is 4.90 Å². The van der Waals surface area contributed by atoms with E-state index < -0.39 is 0 Å². The molecule has 1 amide bonds. The number of likely N-dealkylation sites (N-methyl/N-ethyl adjacent to an activating group) is 1. The van der Waals surface area contributed by atoms with E-state index >= 15 is 0 Å². The lowest BCUT2D eigenvalue weighted by molar-refractivity contribution is -0.122. The third kappa shape index (κ3) is 5.36. The normalized spacial score (nSPS) is 16.5. The SMILES string of the molecule is CCN1C(=O)/C(=C/c2ccc(Sc3ccc(Cl)cc3)s2)SC1=Nc1ccc(OC)cc1. The monoisotopic (exact) mass is 486 g/mol. The van der Waals surface area contributed by atoms with E-state index in [9.17, 15) is 4.79 Å². The first kappa shape index (κ1) is 22.0. The maximum atomic E-state index is 12.9. The van der Waals surface area contributed by atoms with Crippen LogP contribution in [0.3, 0.4) is 0 Å². The van der Waals surface area contributed by atoms with Crippen molar-refractivity contribution in [2.24, 2.45) is 4.99 Å². The Morgan fingerprint density at radius 3 is 2.52 bits per heavy atom. The number of carbonyl (C=O) groups excluding carboxylic acids is 1. The van der Waals surface area contributed by atoms with Gasteiger partial charge in [-0.3, -0.25) is 9.69 Å². The first-order chi connectivity index (χ1) is 15.1. The van der Waals surface area contributed by atoms with Gasteiger partial charge < -0.3 is 4.74 Å². The number of ether oxygens (including phenoxy) is 1. The molecule has 2 aromatic carbocycles. The van der Waals surface area contributed by atoms with Crippen molar-refractivity contribution in [3.05, 3.63) is 75.5 Å². The van der Waals surface area contributed by atoms with Gasteiger partial charge in [0.25, 0.3) is 5.91 Å². The predicted molar refractivity (Wildman–Crippen MR) is 133 cm³/mol. The third-order valence-electron chi connectivity index (χ3n) is 4.41. The molecule has 3 aromatic rings. The van der Waals surface area contributed by atoms with Crippen LogP contribution < -0.4 is 4.74 Å². The molecule has 1 aromatic heterocycles. The standard InChI is InChI=1S/C23H19ClN2O2S3/c1-3-26-22(27)20(31-23(26)25-16-6-8-17(28-2)9-7-16)14-19-12-13-21(30-19)29-18-10-4-15(24)5-11-18/h4-14H,3H2,1-2H3/b20-14-,25-23?. The summed E-state index contributed by atoms with van der Waals surface area (Å²) in [6.45, 7) is 2.53. The van der Waals surface area contributed by atoms with Crippen molar-refractivity contribution in [2.45, 2.75) is 16.0 Å². The molecule has 1 aliphatic heterocycles. The minimum Gasteiger partial charge on any atom is -0.497 e. The van der Waals surface area contributed by atoms with Crippen molar-refractivity contribution in [2.75, 3.05) is 13.7 Å². The van der Waals surface area contributed by atoms with Gasteiger partial charge >= 0.3 is 0 Å². The Balaban J connectivity index is 1.52. The number of rotatable bonds is 6. The fourth-order valence-corrected chi connectivity index (χ4v) is 6.17. The van der Waals surface area contributed by atoms with Gasteiger partial charge in [-0.1, -0.05) is 23.4 Å². The molecule has 0 spiro atoms. The van der Waals surface area contributed by atoms with Crippen molar-refractivity contribution in [3.8, 4) is 5.75 Å². The lowest BCUT2D eigenvalue weighted by atomic mass is 10.3. The van der Waals surface area contributed by atoms with Crippen LogP contribution in [0.1, 0.15) is 11.8 Å². The number of thioether (sulfide) groups is 1. The Kier molecular flexibility index (Phi) is 7.07. The van der Waals surface area contributed by atoms with E-state index in [-0.39, 0.29) is 5.91 Å². The molecule has 0 N–H and O–H groups in total. The van der Waals surface area contributed by atoms with Gasteiger partial charge in [-0.2, -0.15) is 0 Å². The molecule has 0 aliphatic carbocycles. The van der Waals surface area contributed by atoms with E-state index in [1.54, 1.807) is 35.1 Å². The van der Waals surface area contributed by atoms with Crippen LogP contribution >= 0.6 is 46.5 Å². The minimum absolute atomic E-state index is 0.0138. The van der Waals surface area contributed by atoms with Crippen LogP contribution in [-0.2, 0) is 4.79 Å². The molecule has 8 heteroatoms. The van der Waals surface area contributed by atoms with Crippen LogP contribution in [-0.4, -0.2) is 29.6 Å². The van der Waals surface area contributed by atoms with Crippen LogP contribution in [0.4, 0.5) is 5.69 Å². The maximum absolute atomic E-state index is 12.9. The first-order valence-corrected chi connectivity index (χ1v) is 12.4. The average Bonchev–Trinajstić information content (AvgIpc) is 3.34. The first-order valence-electron chi connectivity index (χ1n) is 9.53. The largest absolute Gasteiger partial charge is 0.497 e. The third-order valence-corrected chi connectivity index (χ3v) is 7.84. The van der Waals surface area contributed by atoms with Crippen molar-refractivity contribution < 1.29 is 9.53 Å². The highest BCUT2D eigenvalue weighted by Gasteiger charge is 2.32. The number of nitrogens with zero attached hydrogens (tertiary/aromatic N) is 2. The zero-order valence-corrected chi connectivity index (χ0v) is 20.1. The summed E-state index contributed by atoms with van der Waals surface area (Å²) in [5, 5.41) is 1.42. The van der Waals surface area contributed by atoms with Crippen LogP contribution in [0.2, 0.25) is 5.02 Å². The van der Waals surface area contributed by atoms with Gasteiger partial charge in [0.05, 0.1) is 21.9 Å². The molecule has 0 bridgehead atoms. The Hall–Kier alpha value is -2.19. The predicted octanol–water partition coefficient (Wildman–Crippen LogP) is 7.19. The molecular weight excluding hydrogens is 468 g/mol. The highest BCUT2D eigenvalue weighted by Crippen LogP contribution is 2.38. The number of halogens is 1. The molecule has 4 rings (SSSR count). The lowest BCUT2D eigenvalue weighted by Crippen LogP contribution is -2.28. The van der Waals surface area contributed by atoms with Gasteiger partial charge in [-0.25, -0.2) is 4.99 Å². The molecule has 4 nitrogen and oxygen atoms in total. The van der Waals surface area contributed by atoms with Crippen molar-refractivity contribution in [3.63, 3.8) is 0 Å². The minimum atomic E-state index is -0.0138. The molecule has 0 saturated carbocycles. The number of hydrogen-bond acceptors (Lipinski definition) is 6. The number of amides is 1. The number of carbonyl (C=O) groups is 1. The maximum Gasteiger partial charge on any atom is 0.266 e. The van der Waals surface area contributed by atoms with Gasteiger partial charge in [0.15, 0.2) is 5.17 Å². The topological polar surface area (TPSA) is 41.9 Å². The summed E-state index contributed by atoms with van der Waals surface area (Å²) in [4.78, 5) is 22.1. The second-order valence-corrected chi connectivity index (χ2v) is 10.4. The summed E-state index contributed by atoms with van der Waals surface area (Å²) in [5.74, 6) is 0.761. The number of aliphatic imine (C=N–C) groups is 1. The van der Waals surface area contributed by atoms with Gasteiger partial charge in [0, 0.05) is 21.3 Å². The van der Waals surface area contributed by atoms with Crippen molar-refractivity contribution >= 4 is 69.3 Å². The van der Waals surface area contributed by atoms with Crippen molar-refractivity contribution in [1.29, 1.82) is 0 Å². The quantitative estimate of drug-likeness (QED) is 0.346. The van der Waals surface area contributed by atoms with Crippen LogP contribution in [0.25, 0.3) is 6.08 Å². The molecule has 158 valence electrons. The Labute approximate surface area is 199 Å². The van der Waals surface area contributed by atoms with E-state index in [2.05, 4.69) is 11.1 Å². The smallest absolute Gasteiger partial charge is 0.266 e. The summed E-state index contributed by atoms with van der Waals surface area (Å²) in [6, 6.07) is 19.4. The molecule has 0 unspecified atom stereocenters. The van der Waals surface area contributed by atoms with Gasteiger partial charge in [0.1, 0.15) is 5.75 Å². The molecule has 0 atom stereocenters. The molecule has 1 saturated heterocycles. The highest BCUT2D eigenvalue weighted by atomic mass is 35.5. The average molecular weight is 487 g/mol. The fraction of sp³-hybridized carbons (Fsp3) is 0.130. The number of thiophene rings is 1. The zero-order chi connectivity index (χ0) is 21.8. The van der Waals surface area contributed by atoms with Crippen LogP contribution in [0.15, 0.2) is 79.7 Å². The van der Waals surface area contributed by atoms with Gasteiger partial charge in [-0.15, -0.1) is 11.3 Å². The van der Waals surface area contributed by atoms with Crippen LogP contribution in [0, 0.1) is 0 Å². The number of methoxy groups -OCH3 is 1. The highest BCUT2D eigenvalue weighted by molar-refractivity contribution is 8.18. The number of benzene rings is 2. The Morgan fingerprint density at radius 2 is 1.84 bits per heavy atom. The molecule has 31 heavy (non-hydrogen) atoms. The summed E-state index contributed by atoms with van der Waals surface area (Å²) in [7, 11) is 1.63. The van der Waals surface area contributed by atoms with E-state index in [0.29, 0.717) is 16.6 Å². The lowest BCUT2D eigenvalue weighted by Gasteiger charge is -2.12. The molecule has 0 radical (unpaired) electrons. The van der Waals surface area contributed by atoms with E-state index in [0.717, 1.165) is 30.4 Å². The fourth-order valence-electron chi connectivity index (χ4n) is 2.85. The van der Waals surface area contributed by atoms with Crippen LogP contribution in [0.5, 0.6) is 5.75 Å². The molecule has 2 heterocycles. The zero-order valence-electron chi connectivity index (χ0n) is 16.9. The van der Waals surface area contributed by atoms with E-state index in [4.69, 9.17) is 16.3 Å². The second-order valence-electron chi connectivity index (χ2n) is 6.47. The molecule has 1 fully saturated rings. The van der Waals surface area contributed by atoms with E-state index in [1.165, 1.54) is 11.8 Å². The number of hydrogen-bond donors (Lipinski definition) is 0. The summed E-state index contributed by atoms with van der Waals surface area (Å²) < 4.78 is 6.35. The molecular formula is C23H19ClN2O2S3. The summed E-state index contributed by atoms with van der Waals surface area (Å²) in [5.41, 5.74) is 0.786. The second kappa shape index (κ2) is 9.96. The number of amidine groups is 1. The summed E-state index contributed by atoms with van der Waals surface area (Å²) >= 11 is 10.7. The molecule has 1 aliphatic rings.